The third kappa shape index (κ3) is 1.72. The molecule has 0 aliphatic carbocycles. The molecule has 0 radical (unpaired) electrons. The Labute approximate surface area is 89.4 Å². The molecule has 1 aliphatic rings. The molecule has 1 N–H and O–H groups in total. The molecule has 2 nitrogen and oxygen atoms in total. The molecule has 2 rings (SSSR count). The smallest absolute Gasteiger partial charge is 0.170 e. The Kier molecular flexibility index (Phi) is 2.65. The van der Waals surface area contributed by atoms with Crippen molar-refractivity contribution in [1.82, 2.24) is 5.32 Å². The van der Waals surface area contributed by atoms with Crippen LogP contribution in [0.2, 0.25) is 0 Å². The maximum Gasteiger partial charge on any atom is 0.170 e. The van der Waals surface area contributed by atoms with Crippen LogP contribution in [0.5, 0.6) is 5.75 Å². The Hall–Kier alpha value is -1.09. The third-order valence-electron chi connectivity index (χ3n) is 3.15. The van der Waals surface area contributed by atoms with Crippen LogP contribution in [-0.4, -0.2) is 13.7 Å². The Morgan fingerprint density at radius 1 is 1.47 bits per heavy atom. The molecule has 3 heteroatoms. The summed E-state index contributed by atoms with van der Waals surface area (Å²) in [7, 11) is 1.49. The largest absolute Gasteiger partial charge is 0.494 e. The quantitative estimate of drug-likeness (QED) is 0.807. The van der Waals surface area contributed by atoms with Crippen molar-refractivity contribution >= 4 is 0 Å². The average Bonchev–Trinajstić information content (AvgIpc) is 2.66. The molecule has 1 heterocycles. The summed E-state index contributed by atoms with van der Waals surface area (Å²) in [4.78, 5) is 0. The minimum Gasteiger partial charge on any atom is -0.494 e. The van der Waals surface area contributed by atoms with Crippen LogP contribution in [0.15, 0.2) is 18.2 Å². The lowest BCUT2D eigenvalue weighted by Crippen LogP contribution is -2.34. The molecule has 82 valence electrons. The molecule has 0 amide bonds. The van der Waals surface area contributed by atoms with E-state index in [9.17, 15) is 4.39 Å². The van der Waals surface area contributed by atoms with E-state index in [0.29, 0.717) is 11.3 Å². The number of hydrogen-bond acceptors (Lipinski definition) is 2. The number of hydrogen-bond donors (Lipinski definition) is 1. The van der Waals surface area contributed by atoms with Crippen molar-refractivity contribution in [2.75, 3.05) is 13.7 Å². The van der Waals surface area contributed by atoms with Gasteiger partial charge in [0, 0.05) is 11.1 Å². The van der Waals surface area contributed by atoms with E-state index in [1.54, 1.807) is 6.07 Å². The summed E-state index contributed by atoms with van der Waals surface area (Å²) in [5.74, 6) is 0.0827. The van der Waals surface area contributed by atoms with Crippen molar-refractivity contribution in [3.8, 4) is 5.75 Å². The molecule has 15 heavy (non-hydrogen) atoms. The predicted octanol–water partition coefficient (Wildman–Crippen LogP) is 2.43. The Balaban J connectivity index is 2.43. The number of rotatable bonds is 2. The summed E-state index contributed by atoms with van der Waals surface area (Å²) < 4.78 is 19.0. The van der Waals surface area contributed by atoms with Gasteiger partial charge in [-0.1, -0.05) is 12.1 Å². The van der Waals surface area contributed by atoms with E-state index in [0.717, 1.165) is 19.4 Å². The van der Waals surface area contributed by atoms with Gasteiger partial charge in [-0.25, -0.2) is 4.39 Å². The first kappa shape index (κ1) is 10.4. The standard InChI is InChI=1S/C12H16FNO/c1-12(7-4-8-14-12)9-5-3-6-10(15-2)11(9)13/h3,5-6,14H,4,7-8H2,1-2H3. The van der Waals surface area contributed by atoms with Crippen LogP contribution in [0.25, 0.3) is 0 Å². The van der Waals surface area contributed by atoms with E-state index in [1.807, 2.05) is 19.1 Å². The summed E-state index contributed by atoms with van der Waals surface area (Å²) >= 11 is 0. The van der Waals surface area contributed by atoms with Crippen molar-refractivity contribution in [1.29, 1.82) is 0 Å². The van der Waals surface area contributed by atoms with Crippen LogP contribution in [0.4, 0.5) is 4.39 Å². The molecular weight excluding hydrogens is 193 g/mol. The Bertz CT molecular complexity index is 359. The Morgan fingerprint density at radius 2 is 2.27 bits per heavy atom. The lowest BCUT2D eigenvalue weighted by atomic mass is 9.90. The van der Waals surface area contributed by atoms with Crippen LogP contribution < -0.4 is 10.1 Å². The number of benzene rings is 1. The van der Waals surface area contributed by atoms with Gasteiger partial charge in [-0.15, -0.1) is 0 Å². The van der Waals surface area contributed by atoms with Gasteiger partial charge in [0.1, 0.15) is 0 Å². The molecule has 1 aliphatic heterocycles. The summed E-state index contributed by atoms with van der Waals surface area (Å²) in [6.45, 7) is 2.99. The highest BCUT2D eigenvalue weighted by atomic mass is 19.1. The van der Waals surface area contributed by atoms with Crippen molar-refractivity contribution in [2.45, 2.75) is 25.3 Å². The summed E-state index contributed by atoms with van der Waals surface area (Å²) in [5, 5.41) is 3.35. The van der Waals surface area contributed by atoms with Gasteiger partial charge in [-0.2, -0.15) is 0 Å². The number of halogens is 1. The predicted molar refractivity (Wildman–Crippen MR) is 57.5 cm³/mol. The van der Waals surface area contributed by atoms with E-state index in [-0.39, 0.29) is 11.4 Å². The fourth-order valence-corrected chi connectivity index (χ4v) is 2.22. The van der Waals surface area contributed by atoms with Crippen molar-refractivity contribution in [3.05, 3.63) is 29.6 Å². The topological polar surface area (TPSA) is 21.3 Å². The highest BCUT2D eigenvalue weighted by Gasteiger charge is 2.33. The number of methoxy groups -OCH3 is 1. The second-order valence-corrected chi connectivity index (χ2v) is 4.18. The molecule has 1 aromatic rings. The van der Waals surface area contributed by atoms with E-state index >= 15 is 0 Å². The highest BCUT2D eigenvalue weighted by Crippen LogP contribution is 2.34. The molecule has 1 fully saturated rings. The van der Waals surface area contributed by atoms with Crippen molar-refractivity contribution < 1.29 is 9.13 Å². The van der Waals surface area contributed by atoms with E-state index in [4.69, 9.17) is 4.74 Å². The highest BCUT2D eigenvalue weighted by molar-refractivity contribution is 5.35. The third-order valence-corrected chi connectivity index (χ3v) is 3.15. The van der Waals surface area contributed by atoms with Gasteiger partial charge in [0.05, 0.1) is 7.11 Å². The lowest BCUT2D eigenvalue weighted by molar-refractivity contribution is 0.363. The molecule has 1 saturated heterocycles. The second kappa shape index (κ2) is 3.81. The molecule has 1 unspecified atom stereocenters. The van der Waals surface area contributed by atoms with Crippen molar-refractivity contribution in [2.24, 2.45) is 0 Å². The van der Waals surface area contributed by atoms with Gasteiger partial charge in [-0.05, 0) is 32.4 Å². The van der Waals surface area contributed by atoms with Crippen LogP contribution in [0, 0.1) is 5.82 Å². The molecular formula is C12H16FNO. The normalized spacial score (nSPS) is 25.5. The fourth-order valence-electron chi connectivity index (χ4n) is 2.22. The number of ether oxygens (including phenoxy) is 1. The summed E-state index contributed by atoms with van der Waals surface area (Å²) in [6.07, 6.45) is 2.06. The van der Waals surface area contributed by atoms with E-state index < -0.39 is 0 Å². The first-order valence-electron chi connectivity index (χ1n) is 5.25. The van der Waals surface area contributed by atoms with E-state index in [1.165, 1.54) is 7.11 Å². The van der Waals surface area contributed by atoms with Crippen molar-refractivity contribution in [3.63, 3.8) is 0 Å². The maximum absolute atomic E-state index is 14.0. The zero-order valence-electron chi connectivity index (χ0n) is 9.14. The van der Waals surface area contributed by atoms with Gasteiger partial charge in [-0.3, -0.25) is 0 Å². The minimum absolute atomic E-state index is 0.237. The van der Waals surface area contributed by atoms with Gasteiger partial charge in [0.2, 0.25) is 0 Å². The maximum atomic E-state index is 14.0. The average molecular weight is 209 g/mol. The summed E-state index contributed by atoms with van der Waals surface area (Å²) in [6, 6.07) is 5.32. The van der Waals surface area contributed by atoms with Gasteiger partial charge < -0.3 is 10.1 Å². The molecule has 0 spiro atoms. The summed E-state index contributed by atoms with van der Waals surface area (Å²) in [5.41, 5.74) is 0.470. The zero-order valence-corrected chi connectivity index (χ0v) is 9.14. The fraction of sp³-hybridized carbons (Fsp3) is 0.500. The van der Waals surface area contributed by atoms with Crippen LogP contribution in [-0.2, 0) is 5.54 Å². The second-order valence-electron chi connectivity index (χ2n) is 4.18. The van der Waals surface area contributed by atoms with Crippen LogP contribution in [0.1, 0.15) is 25.3 Å². The first-order valence-corrected chi connectivity index (χ1v) is 5.25. The molecule has 0 aromatic heterocycles. The monoisotopic (exact) mass is 209 g/mol. The number of nitrogens with one attached hydrogen (secondary N) is 1. The molecule has 1 aromatic carbocycles. The Morgan fingerprint density at radius 3 is 2.87 bits per heavy atom. The minimum atomic E-state index is -0.239. The SMILES string of the molecule is COc1cccc(C2(C)CCCN2)c1F. The lowest BCUT2D eigenvalue weighted by Gasteiger charge is -2.26. The molecule has 0 saturated carbocycles. The van der Waals surface area contributed by atoms with Gasteiger partial charge in [0.15, 0.2) is 11.6 Å². The van der Waals surface area contributed by atoms with Crippen LogP contribution in [0.3, 0.4) is 0 Å². The van der Waals surface area contributed by atoms with Gasteiger partial charge in [0.25, 0.3) is 0 Å². The molecule has 1 atom stereocenters. The zero-order chi connectivity index (χ0) is 10.9. The molecule has 0 bridgehead atoms. The van der Waals surface area contributed by atoms with Crippen LogP contribution >= 0.6 is 0 Å². The van der Waals surface area contributed by atoms with E-state index in [2.05, 4.69) is 5.32 Å². The first-order chi connectivity index (χ1) is 7.17. The van der Waals surface area contributed by atoms with Gasteiger partial charge >= 0.3 is 0 Å².